The zero-order valence-corrected chi connectivity index (χ0v) is 12.5. The Labute approximate surface area is 121 Å². The molecule has 0 saturated carbocycles. The van der Waals surface area contributed by atoms with E-state index in [9.17, 15) is 5.11 Å². The summed E-state index contributed by atoms with van der Waals surface area (Å²) in [5, 5.41) is 21.8. The van der Waals surface area contributed by atoms with Crippen molar-refractivity contribution in [2.75, 3.05) is 19.8 Å². The standard InChI is InChI=1S/C16H25NO3/c1-12(2)17-10-15(19)11-20-16-7-6-13(3)9-14(16)5-4-8-18/h4-7,9,12,15,17-19H,8,10-11H2,1-3H3/b5-4-. The summed E-state index contributed by atoms with van der Waals surface area (Å²) in [6.45, 7) is 6.81. The molecule has 112 valence electrons. The van der Waals surface area contributed by atoms with Crippen LogP contribution in [0.4, 0.5) is 0 Å². The van der Waals surface area contributed by atoms with Crippen molar-refractivity contribution >= 4 is 6.08 Å². The van der Waals surface area contributed by atoms with Crippen LogP contribution in [0.25, 0.3) is 6.08 Å². The predicted octanol–water partition coefficient (Wildman–Crippen LogP) is 1.74. The van der Waals surface area contributed by atoms with Gasteiger partial charge in [-0.2, -0.15) is 0 Å². The zero-order valence-electron chi connectivity index (χ0n) is 12.5. The summed E-state index contributed by atoms with van der Waals surface area (Å²) < 4.78 is 5.66. The van der Waals surface area contributed by atoms with Crippen LogP contribution in [0.2, 0.25) is 0 Å². The number of rotatable bonds is 8. The first kappa shape index (κ1) is 16.7. The van der Waals surface area contributed by atoms with Gasteiger partial charge in [0.05, 0.1) is 6.61 Å². The predicted molar refractivity (Wildman–Crippen MR) is 81.9 cm³/mol. The number of benzene rings is 1. The summed E-state index contributed by atoms with van der Waals surface area (Å²) in [5.41, 5.74) is 2.03. The molecular formula is C16H25NO3. The van der Waals surface area contributed by atoms with Gasteiger partial charge < -0.3 is 20.3 Å². The Morgan fingerprint density at radius 1 is 1.35 bits per heavy atom. The average Bonchev–Trinajstić information content (AvgIpc) is 2.41. The van der Waals surface area contributed by atoms with Crippen molar-refractivity contribution in [2.45, 2.75) is 32.9 Å². The molecule has 0 bridgehead atoms. The van der Waals surface area contributed by atoms with Gasteiger partial charge in [0.25, 0.3) is 0 Å². The number of aliphatic hydroxyl groups excluding tert-OH is 2. The van der Waals surface area contributed by atoms with E-state index in [0.717, 1.165) is 11.1 Å². The van der Waals surface area contributed by atoms with Gasteiger partial charge in [-0.25, -0.2) is 0 Å². The Morgan fingerprint density at radius 2 is 2.10 bits per heavy atom. The van der Waals surface area contributed by atoms with E-state index in [0.29, 0.717) is 18.3 Å². The first-order valence-corrected chi connectivity index (χ1v) is 6.95. The minimum absolute atomic E-state index is 0.00564. The minimum Gasteiger partial charge on any atom is -0.490 e. The lowest BCUT2D eigenvalue weighted by Crippen LogP contribution is -2.35. The molecule has 0 radical (unpaired) electrons. The first-order valence-electron chi connectivity index (χ1n) is 6.95. The highest BCUT2D eigenvalue weighted by Gasteiger charge is 2.08. The van der Waals surface area contributed by atoms with Crippen LogP contribution < -0.4 is 10.1 Å². The third-order valence-corrected chi connectivity index (χ3v) is 2.76. The van der Waals surface area contributed by atoms with E-state index in [1.807, 2.05) is 45.0 Å². The molecule has 3 N–H and O–H groups in total. The van der Waals surface area contributed by atoms with Crippen LogP contribution in [-0.2, 0) is 0 Å². The molecule has 0 aliphatic rings. The van der Waals surface area contributed by atoms with Gasteiger partial charge in [-0.1, -0.05) is 37.6 Å². The molecule has 0 spiro atoms. The molecule has 1 aromatic carbocycles. The Morgan fingerprint density at radius 3 is 2.75 bits per heavy atom. The molecule has 0 fully saturated rings. The maximum absolute atomic E-state index is 9.84. The van der Waals surface area contributed by atoms with E-state index >= 15 is 0 Å². The van der Waals surface area contributed by atoms with E-state index in [-0.39, 0.29) is 13.2 Å². The van der Waals surface area contributed by atoms with Crippen molar-refractivity contribution in [2.24, 2.45) is 0 Å². The van der Waals surface area contributed by atoms with E-state index in [1.165, 1.54) is 0 Å². The number of ether oxygens (including phenoxy) is 1. The highest BCUT2D eigenvalue weighted by Crippen LogP contribution is 2.21. The monoisotopic (exact) mass is 279 g/mol. The minimum atomic E-state index is -0.548. The van der Waals surface area contributed by atoms with Gasteiger partial charge >= 0.3 is 0 Å². The van der Waals surface area contributed by atoms with E-state index in [4.69, 9.17) is 9.84 Å². The molecule has 4 nitrogen and oxygen atoms in total. The van der Waals surface area contributed by atoms with Crippen LogP contribution >= 0.6 is 0 Å². The number of hydrogen-bond acceptors (Lipinski definition) is 4. The van der Waals surface area contributed by atoms with Crippen LogP contribution in [-0.4, -0.2) is 42.1 Å². The van der Waals surface area contributed by atoms with Crippen molar-refractivity contribution < 1.29 is 14.9 Å². The van der Waals surface area contributed by atoms with Gasteiger partial charge in [0.15, 0.2) is 0 Å². The summed E-state index contributed by atoms with van der Waals surface area (Å²) in [4.78, 5) is 0. The lowest BCUT2D eigenvalue weighted by Gasteiger charge is -2.16. The Kier molecular flexibility index (Phi) is 7.30. The van der Waals surface area contributed by atoms with Crippen LogP contribution in [0.15, 0.2) is 24.3 Å². The number of aryl methyl sites for hydroxylation is 1. The van der Waals surface area contributed by atoms with Crippen LogP contribution in [0, 0.1) is 6.92 Å². The molecule has 0 amide bonds. The zero-order chi connectivity index (χ0) is 15.0. The smallest absolute Gasteiger partial charge is 0.126 e. The molecule has 4 heteroatoms. The number of aliphatic hydroxyl groups is 2. The molecule has 1 unspecified atom stereocenters. The molecule has 0 aliphatic carbocycles. The van der Waals surface area contributed by atoms with Crippen LogP contribution in [0.3, 0.4) is 0 Å². The Balaban J connectivity index is 2.60. The summed E-state index contributed by atoms with van der Waals surface area (Å²) in [6, 6.07) is 6.17. The van der Waals surface area contributed by atoms with Gasteiger partial charge in [-0.3, -0.25) is 0 Å². The van der Waals surface area contributed by atoms with Crippen LogP contribution in [0.5, 0.6) is 5.75 Å². The molecule has 20 heavy (non-hydrogen) atoms. The fourth-order valence-electron chi connectivity index (χ4n) is 1.73. The van der Waals surface area contributed by atoms with Crippen molar-refractivity contribution in [1.29, 1.82) is 0 Å². The SMILES string of the molecule is Cc1ccc(OCC(O)CNC(C)C)c(/C=C\CO)c1. The third-order valence-electron chi connectivity index (χ3n) is 2.76. The van der Waals surface area contributed by atoms with Crippen molar-refractivity contribution in [3.63, 3.8) is 0 Å². The molecule has 1 aromatic rings. The molecule has 0 saturated heterocycles. The number of nitrogens with one attached hydrogen (secondary N) is 1. The highest BCUT2D eigenvalue weighted by atomic mass is 16.5. The van der Waals surface area contributed by atoms with Gasteiger partial charge in [-0.05, 0) is 19.1 Å². The molecule has 0 aromatic heterocycles. The average molecular weight is 279 g/mol. The van der Waals surface area contributed by atoms with Gasteiger partial charge in [0.2, 0.25) is 0 Å². The van der Waals surface area contributed by atoms with Crippen molar-refractivity contribution in [1.82, 2.24) is 5.32 Å². The largest absolute Gasteiger partial charge is 0.490 e. The van der Waals surface area contributed by atoms with Crippen molar-refractivity contribution in [3.05, 3.63) is 35.4 Å². The second-order valence-corrected chi connectivity index (χ2v) is 5.15. The molecular weight excluding hydrogens is 254 g/mol. The molecule has 1 rings (SSSR count). The maximum atomic E-state index is 9.84. The van der Waals surface area contributed by atoms with Gasteiger partial charge in [0, 0.05) is 18.2 Å². The fourth-order valence-corrected chi connectivity index (χ4v) is 1.73. The lowest BCUT2D eigenvalue weighted by molar-refractivity contribution is 0.104. The second-order valence-electron chi connectivity index (χ2n) is 5.15. The van der Waals surface area contributed by atoms with Crippen LogP contribution in [0.1, 0.15) is 25.0 Å². The highest BCUT2D eigenvalue weighted by molar-refractivity contribution is 5.58. The third kappa shape index (κ3) is 6.19. The van der Waals surface area contributed by atoms with Gasteiger partial charge in [-0.15, -0.1) is 0 Å². The molecule has 0 aliphatic heterocycles. The first-order chi connectivity index (χ1) is 9.52. The quantitative estimate of drug-likeness (QED) is 0.678. The normalized spacial score (nSPS) is 13.1. The molecule has 0 heterocycles. The summed E-state index contributed by atoms with van der Waals surface area (Å²) in [6.07, 6.45) is 2.94. The van der Waals surface area contributed by atoms with Crippen molar-refractivity contribution in [3.8, 4) is 5.75 Å². The maximum Gasteiger partial charge on any atom is 0.126 e. The second kappa shape index (κ2) is 8.74. The summed E-state index contributed by atoms with van der Waals surface area (Å²) >= 11 is 0. The van der Waals surface area contributed by atoms with E-state index in [1.54, 1.807) is 6.08 Å². The molecule has 1 atom stereocenters. The fraction of sp³-hybridized carbons (Fsp3) is 0.500. The Bertz CT molecular complexity index is 430. The summed E-state index contributed by atoms with van der Waals surface area (Å²) in [7, 11) is 0. The van der Waals surface area contributed by atoms with E-state index in [2.05, 4.69) is 5.32 Å². The van der Waals surface area contributed by atoms with Gasteiger partial charge in [0.1, 0.15) is 18.5 Å². The van der Waals surface area contributed by atoms with E-state index < -0.39 is 6.10 Å². The number of hydrogen-bond donors (Lipinski definition) is 3. The topological polar surface area (TPSA) is 61.7 Å². The lowest BCUT2D eigenvalue weighted by atomic mass is 10.1. The Hall–Kier alpha value is -1.36. The summed E-state index contributed by atoms with van der Waals surface area (Å²) in [5.74, 6) is 0.712.